The van der Waals surface area contributed by atoms with E-state index in [9.17, 15) is 4.79 Å². The Hall–Kier alpha value is -1.35. The molecule has 0 saturated heterocycles. The van der Waals surface area contributed by atoms with Crippen molar-refractivity contribution in [1.29, 1.82) is 0 Å². The molecule has 1 aliphatic rings. The Kier molecular flexibility index (Phi) is 10.3. The second kappa shape index (κ2) is 12.9. The predicted octanol–water partition coefficient (Wildman–Crippen LogP) is 9.21. The fraction of sp³-hybridized carbons (Fsp3) is 0.516. The number of ketones is 1. The summed E-state index contributed by atoms with van der Waals surface area (Å²) in [7, 11) is 0. The van der Waals surface area contributed by atoms with Gasteiger partial charge in [-0.05, 0) is 0 Å². The maximum absolute atomic E-state index is 13.8. The summed E-state index contributed by atoms with van der Waals surface area (Å²) in [6.07, 6.45) is 9.85. The van der Waals surface area contributed by atoms with Gasteiger partial charge in [-0.25, -0.2) is 0 Å². The molecule has 0 bridgehead atoms. The van der Waals surface area contributed by atoms with Crippen LogP contribution in [-0.4, -0.2) is 24.2 Å². The van der Waals surface area contributed by atoms with Gasteiger partial charge in [-0.3, -0.25) is 0 Å². The Labute approximate surface area is 207 Å². The summed E-state index contributed by atoms with van der Waals surface area (Å²) in [6.45, 7) is 9.16. The van der Waals surface area contributed by atoms with Crippen molar-refractivity contribution < 1.29 is 4.79 Å². The van der Waals surface area contributed by atoms with E-state index in [0.717, 1.165) is 18.4 Å². The standard InChI is InChI=1S/C19H17O.3C4H9.Sn/c1-13-7-9-15(10-8-13)14(2)17-12-11-16-5-3-4-6-18(16)19(17)20;3*1-3-4-2;/h2-10,17H,11-12H2,1H3;3*1,3-4H2,2H3;. The number of benzene rings is 2. The van der Waals surface area contributed by atoms with Crippen molar-refractivity contribution >= 4 is 29.7 Å². The Morgan fingerprint density at radius 3 is 2.03 bits per heavy atom. The van der Waals surface area contributed by atoms with Crippen LogP contribution in [0.2, 0.25) is 13.3 Å². The predicted molar refractivity (Wildman–Crippen MR) is 147 cm³/mol. The van der Waals surface area contributed by atoms with Crippen LogP contribution in [0.1, 0.15) is 92.8 Å². The van der Waals surface area contributed by atoms with Crippen molar-refractivity contribution in [3.8, 4) is 0 Å². The van der Waals surface area contributed by atoms with Crippen LogP contribution in [0.4, 0.5) is 0 Å². The molecule has 2 aromatic rings. The van der Waals surface area contributed by atoms with Crippen LogP contribution < -0.4 is 0 Å². The number of carbonyl (C=O) groups excluding carboxylic acids is 1. The number of fused-ring (bicyclic) bond motifs is 1. The molecule has 2 heteroatoms. The zero-order chi connectivity index (χ0) is 23.7. The van der Waals surface area contributed by atoms with E-state index in [-0.39, 0.29) is 5.92 Å². The van der Waals surface area contributed by atoms with Crippen LogP contribution in [0.3, 0.4) is 0 Å². The molecule has 0 fully saturated rings. The molecule has 3 rings (SSSR count). The Morgan fingerprint density at radius 2 is 1.45 bits per heavy atom. The van der Waals surface area contributed by atoms with E-state index in [1.165, 1.54) is 74.1 Å². The van der Waals surface area contributed by atoms with Crippen LogP contribution in [0.15, 0.2) is 52.6 Å². The number of allylic oxidation sites excluding steroid dienone is 1. The van der Waals surface area contributed by atoms with Crippen molar-refractivity contribution in [2.75, 3.05) is 0 Å². The molecule has 1 atom stereocenters. The normalized spacial score (nSPS) is 16.7. The van der Waals surface area contributed by atoms with E-state index in [1.807, 2.05) is 6.07 Å². The van der Waals surface area contributed by atoms with Crippen LogP contribution >= 0.6 is 0 Å². The van der Waals surface area contributed by atoms with Gasteiger partial charge in [0, 0.05) is 0 Å². The molecule has 0 amide bonds. The molecule has 1 unspecified atom stereocenters. The van der Waals surface area contributed by atoms with E-state index >= 15 is 0 Å². The third kappa shape index (κ3) is 6.84. The molecule has 0 N–H and O–H groups in total. The van der Waals surface area contributed by atoms with E-state index < -0.39 is 18.4 Å². The van der Waals surface area contributed by atoms with Gasteiger partial charge in [-0.1, -0.05) is 0 Å². The van der Waals surface area contributed by atoms with E-state index in [4.69, 9.17) is 0 Å². The van der Waals surface area contributed by atoms with Gasteiger partial charge in [0.1, 0.15) is 0 Å². The monoisotopic (exact) mass is 552 g/mol. The van der Waals surface area contributed by atoms with Crippen LogP contribution in [0.5, 0.6) is 0 Å². The molecule has 0 radical (unpaired) electrons. The summed E-state index contributed by atoms with van der Waals surface area (Å²) in [4.78, 5) is 13.8. The number of carbonyl (C=O) groups is 1. The average Bonchev–Trinajstić information content (AvgIpc) is 2.84. The van der Waals surface area contributed by atoms with E-state index in [1.54, 1.807) is 0 Å². The molecule has 0 spiro atoms. The molecule has 1 aliphatic carbocycles. The van der Waals surface area contributed by atoms with Crippen molar-refractivity contribution in [1.82, 2.24) is 0 Å². The number of hydrogen-bond acceptors (Lipinski definition) is 1. The molecule has 0 saturated carbocycles. The fourth-order valence-corrected chi connectivity index (χ4v) is 20.9. The summed E-state index contributed by atoms with van der Waals surface area (Å²) < 4.78 is 7.14. The van der Waals surface area contributed by atoms with Gasteiger partial charge in [0.2, 0.25) is 0 Å². The summed E-state index contributed by atoms with van der Waals surface area (Å²) in [5.74, 6) is 0.369. The Morgan fingerprint density at radius 1 is 0.879 bits per heavy atom. The second-order valence-electron chi connectivity index (χ2n) is 10.3. The first-order chi connectivity index (χ1) is 16.0. The molecule has 0 heterocycles. The topological polar surface area (TPSA) is 17.1 Å². The van der Waals surface area contributed by atoms with Gasteiger partial charge in [0.25, 0.3) is 0 Å². The minimum atomic E-state index is -2.57. The molecular formula is C31H44OSn. The first-order valence-corrected chi connectivity index (χ1v) is 21.2. The Bertz CT molecular complexity index is 902. The summed E-state index contributed by atoms with van der Waals surface area (Å²) in [5.41, 5.74) is 6.16. The van der Waals surface area contributed by atoms with E-state index in [0.29, 0.717) is 5.78 Å². The molecule has 1 nitrogen and oxygen atoms in total. The minimum absolute atomic E-state index is 0.0172. The van der Waals surface area contributed by atoms with Gasteiger partial charge in [0.05, 0.1) is 0 Å². The summed E-state index contributed by atoms with van der Waals surface area (Å²) >= 11 is -2.57. The Balaban J connectivity index is 2.11. The molecular weight excluding hydrogens is 507 g/mol. The quantitative estimate of drug-likeness (QED) is 0.241. The van der Waals surface area contributed by atoms with Crippen LogP contribution in [-0.2, 0) is 6.42 Å². The number of unbranched alkanes of at least 4 members (excludes halogenated alkanes) is 3. The first-order valence-electron chi connectivity index (χ1n) is 13.5. The third-order valence-electron chi connectivity index (χ3n) is 7.61. The zero-order valence-corrected chi connectivity index (χ0v) is 24.3. The van der Waals surface area contributed by atoms with Crippen LogP contribution in [0, 0.1) is 12.8 Å². The summed E-state index contributed by atoms with van der Waals surface area (Å²) in [6, 6.07) is 17.3. The van der Waals surface area contributed by atoms with Gasteiger partial charge >= 0.3 is 208 Å². The maximum atomic E-state index is 13.8. The third-order valence-corrected chi connectivity index (χ3v) is 21.8. The number of hydrogen-bond donors (Lipinski definition) is 0. The number of Topliss-reactive ketones (excluding diaryl/α,β-unsaturated/α-hetero) is 1. The number of rotatable bonds is 12. The summed E-state index contributed by atoms with van der Waals surface area (Å²) in [5, 5.41) is 0. The molecule has 0 aliphatic heterocycles. The van der Waals surface area contributed by atoms with Crippen LogP contribution in [0.25, 0.3) is 5.57 Å². The number of aryl methyl sites for hydroxylation is 2. The molecule has 33 heavy (non-hydrogen) atoms. The van der Waals surface area contributed by atoms with Crippen molar-refractivity contribution in [2.24, 2.45) is 5.92 Å². The van der Waals surface area contributed by atoms with Crippen molar-refractivity contribution in [2.45, 2.75) is 92.4 Å². The van der Waals surface area contributed by atoms with Gasteiger partial charge in [-0.2, -0.15) is 0 Å². The molecule has 178 valence electrons. The SMILES string of the molecule is CCC[CH2][Sn](/[CH]=C(\c1ccc(C)cc1)C1CCc2ccccc2C1=O)([CH2]CCC)[CH2]CCC. The van der Waals surface area contributed by atoms with Gasteiger partial charge < -0.3 is 0 Å². The first kappa shape index (κ1) is 26.3. The molecule has 0 aromatic heterocycles. The average molecular weight is 551 g/mol. The molecule has 2 aromatic carbocycles. The second-order valence-corrected chi connectivity index (χ2v) is 23.1. The van der Waals surface area contributed by atoms with Crippen molar-refractivity contribution in [3.05, 3.63) is 74.9 Å². The van der Waals surface area contributed by atoms with Gasteiger partial charge in [0.15, 0.2) is 0 Å². The zero-order valence-electron chi connectivity index (χ0n) is 21.5. The van der Waals surface area contributed by atoms with E-state index in [2.05, 4.69) is 74.3 Å². The van der Waals surface area contributed by atoms with Gasteiger partial charge in [-0.15, -0.1) is 0 Å². The van der Waals surface area contributed by atoms with Crippen molar-refractivity contribution in [3.63, 3.8) is 0 Å². The fourth-order valence-electron chi connectivity index (χ4n) is 5.53.